The van der Waals surface area contributed by atoms with Gasteiger partial charge >= 0.3 is 0 Å². The SMILES string of the molecule is Nc1ncc(Br)c(NCC2CCCCS2)n1. The minimum absolute atomic E-state index is 0.307. The molecular weight excluding hydrogens is 288 g/mol. The Morgan fingerprint density at radius 2 is 2.44 bits per heavy atom. The van der Waals surface area contributed by atoms with Gasteiger partial charge in [-0.1, -0.05) is 6.42 Å². The normalized spacial score (nSPS) is 20.7. The molecule has 6 heteroatoms. The largest absolute Gasteiger partial charge is 0.368 e. The summed E-state index contributed by atoms with van der Waals surface area (Å²) >= 11 is 5.45. The summed E-state index contributed by atoms with van der Waals surface area (Å²) in [5.74, 6) is 2.38. The Kier molecular flexibility index (Phi) is 4.29. The zero-order valence-electron chi connectivity index (χ0n) is 8.95. The maximum absolute atomic E-state index is 5.55. The zero-order chi connectivity index (χ0) is 11.4. The third-order valence-corrected chi connectivity index (χ3v) is 4.51. The van der Waals surface area contributed by atoms with Crippen molar-refractivity contribution >= 4 is 39.5 Å². The van der Waals surface area contributed by atoms with Crippen molar-refractivity contribution in [3.05, 3.63) is 10.7 Å². The lowest BCUT2D eigenvalue weighted by Gasteiger charge is -2.21. The molecule has 1 unspecified atom stereocenters. The average molecular weight is 303 g/mol. The molecule has 0 aromatic carbocycles. The third-order valence-electron chi connectivity index (χ3n) is 2.53. The lowest BCUT2D eigenvalue weighted by atomic mass is 10.2. The summed E-state index contributed by atoms with van der Waals surface area (Å²) in [6, 6.07) is 0. The van der Waals surface area contributed by atoms with Crippen LogP contribution in [0.4, 0.5) is 11.8 Å². The second-order valence-corrected chi connectivity index (χ2v) is 6.06. The molecule has 1 aliphatic heterocycles. The van der Waals surface area contributed by atoms with Crippen molar-refractivity contribution < 1.29 is 0 Å². The van der Waals surface area contributed by atoms with Gasteiger partial charge in [0.2, 0.25) is 5.95 Å². The van der Waals surface area contributed by atoms with Crippen LogP contribution in [-0.4, -0.2) is 27.5 Å². The van der Waals surface area contributed by atoms with Gasteiger partial charge in [0, 0.05) is 18.0 Å². The van der Waals surface area contributed by atoms with Gasteiger partial charge in [0.05, 0.1) is 4.47 Å². The molecule has 0 radical (unpaired) electrons. The predicted octanol–water partition coefficient (Wildman–Crippen LogP) is 2.52. The first-order chi connectivity index (χ1) is 7.75. The van der Waals surface area contributed by atoms with Gasteiger partial charge in [-0.05, 0) is 34.5 Å². The monoisotopic (exact) mass is 302 g/mol. The zero-order valence-corrected chi connectivity index (χ0v) is 11.4. The number of aromatic nitrogens is 2. The summed E-state index contributed by atoms with van der Waals surface area (Å²) in [6.45, 7) is 0.944. The highest BCUT2D eigenvalue weighted by Crippen LogP contribution is 2.26. The van der Waals surface area contributed by atoms with Gasteiger partial charge in [-0.2, -0.15) is 16.7 Å². The molecule has 1 saturated heterocycles. The Labute approximate surface area is 108 Å². The molecule has 0 bridgehead atoms. The Hall–Kier alpha value is -0.490. The van der Waals surface area contributed by atoms with Gasteiger partial charge in [0.1, 0.15) is 5.82 Å². The number of nitrogens with two attached hydrogens (primary N) is 1. The quantitative estimate of drug-likeness (QED) is 0.898. The number of nitrogens with zero attached hydrogens (tertiary/aromatic N) is 2. The van der Waals surface area contributed by atoms with E-state index in [1.165, 1.54) is 25.0 Å². The van der Waals surface area contributed by atoms with E-state index in [1.807, 2.05) is 11.8 Å². The van der Waals surface area contributed by atoms with Crippen LogP contribution in [0.3, 0.4) is 0 Å². The fraction of sp³-hybridized carbons (Fsp3) is 0.600. The fourth-order valence-electron chi connectivity index (χ4n) is 1.68. The summed E-state index contributed by atoms with van der Waals surface area (Å²) < 4.78 is 0.863. The van der Waals surface area contributed by atoms with Crippen LogP contribution in [0.25, 0.3) is 0 Å². The van der Waals surface area contributed by atoms with Gasteiger partial charge in [0.15, 0.2) is 0 Å². The van der Waals surface area contributed by atoms with Crippen LogP contribution >= 0.6 is 27.7 Å². The Bertz CT molecular complexity index is 355. The molecule has 0 aliphatic carbocycles. The van der Waals surface area contributed by atoms with E-state index in [1.54, 1.807) is 6.20 Å². The van der Waals surface area contributed by atoms with Gasteiger partial charge in [-0.15, -0.1) is 0 Å². The first-order valence-electron chi connectivity index (χ1n) is 5.39. The number of hydrogen-bond donors (Lipinski definition) is 2. The fourth-order valence-corrected chi connectivity index (χ4v) is 3.25. The minimum atomic E-state index is 0.307. The second kappa shape index (κ2) is 5.72. The van der Waals surface area contributed by atoms with Crippen molar-refractivity contribution in [3.8, 4) is 0 Å². The molecule has 1 aromatic rings. The summed E-state index contributed by atoms with van der Waals surface area (Å²) in [4.78, 5) is 8.07. The summed E-state index contributed by atoms with van der Waals surface area (Å²) in [5.41, 5.74) is 5.55. The van der Waals surface area contributed by atoms with Gasteiger partial charge in [-0.3, -0.25) is 0 Å². The molecule has 4 nitrogen and oxygen atoms in total. The first-order valence-corrected chi connectivity index (χ1v) is 7.23. The molecule has 1 atom stereocenters. The van der Waals surface area contributed by atoms with Crippen molar-refractivity contribution in [2.45, 2.75) is 24.5 Å². The van der Waals surface area contributed by atoms with E-state index in [2.05, 4.69) is 31.2 Å². The minimum Gasteiger partial charge on any atom is -0.368 e. The lowest BCUT2D eigenvalue weighted by Crippen LogP contribution is -2.20. The number of anilines is 2. The van der Waals surface area contributed by atoms with Crippen LogP contribution in [0.1, 0.15) is 19.3 Å². The number of nitrogen functional groups attached to an aromatic ring is 1. The van der Waals surface area contributed by atoms with E-state index in [0.717, 1.165) is 16.8 Å². The van der Waals surface area contributed by atoms with Crippen LogP contribution in [0.2, 0.25) is 0 Å². The van der Waals surface area contributed by atoms with Crippen molar-refractivity contribution in [2.75, 3.05) is 23.3 Å². The Balaban J connectivity index is 1.90. The Morgan fingerprint density at radius 1 is 1.56 bits per heavy atom. The van der Waals surface area contributed by atoms with E-state index in [4.69, 9.17) is 5.73 Å². The first kappa shape index (κ1) is 12.0. The molecule has 1 fully saturated rings. The van der Waals surface area contributed by atoms with E-state index in [-0.39, 0.29) is 0 Å². The van der Waals surface area contributed by atoms with Gasteiger partial charge in [-0.25, -0.2) is 4.98 Å². The maximum Gasteiger partial charge on any atom is 0.221 e. The van der Waals surface area contributed by atoms with Crippen LogP contribution in [0.15, 0.2) is 10.7 Å². The molecule has 1 aromatic heterocycles. The highest BCUT2D eigenvalue weighted by Gasteiger charge is 2.14. The van der Waals surface area contributed by atoms with Crippen LogP contribution in [0.5, 0.6) is 0 Å². The molecule has 2 rings (SSSR count). The molecule has 88 valence electrons. The molecule has 0 spiro atoms. The van der Waals surface area contributed by atoms with E-state index in [9.17, 15) is 0 Å². The number of nitrogens with one attached hydrogen (secondary N) is 1. The van der Waals surface area contributed by atoms with Gasteiger partial charge < -0.3 is 11.1 Å². The van der Waals surface area contributed by atoms with Crippen LogP contribution in [-0.2, 0) is 0 Å². The van der Waals surface area contributed by atoms with E-state index in [0.29, 0.717) is 11.2 Å². The molecule has 3 N–H and O–H groups in total. The summed E-state index contributed by atoms with van der Waals surface area (Å²) in [5, 5.41) is 4.02. The third kappa shape index (κ3) is 3.25. The highest BCUT2D eigenvalue weighted by atomic mass is 79.9. The molecular formula is C10H15BrN4S. The van der Waals surface area contributed by atoms with Crippen LogP contribution in [0, 0.1) is 0 Å². The predicted molar refractivity (Wildman–Crippen MR) is 72.7 cm³/mol. The van der Waals surface area contributed by atoms with E-state index < -0.39 is 0 Å². The lowest BCUT2D eigenvalue weighted by molar-refractivity contribution is 0.677. The average Bonchev–Trinajstić information content (AvgIpc) is 2.32. The van der Waals surface area contributed by atoms with Crippen molar-refractivity contribution in [1.82, 2.24) is 9.97 Å². The molecule has 1 aliphatic rings. The van der Waals surface area contributed by atoms with E-state index >= 15 is 0 Å². The molecule has 2 heterocycles. The van der Waals surface area contributed by atoms with Crippen molar-refractivity contribution in [3.63, 3.8) is 0 Å². The summed E-state index contributed by atoms with van der Waals surface area (Å²) in [6.07, 6.45) is 5.66. The van der Waals surface area contributed by atoms with Crippen molar-refractivity contribution in [2.24, 2.45) is 0 Å². The summed E-state index contributed by atoms with van der Waals surface area (Å²) in [7, 11) is 0. The van der Waals surface area contributed by atoms with Crippen molar-refractivity contribution in [1.29, 1.82) is 0 Å². The number of halogens is 1. The maximum atomic E-state index is 5.55. The molecule has 0 saturated carbocycles. The Morgan fingerprint density at radius 3 is 3.19 bits per heavy atom. The number of hydrogen-bond acceptors (Lipinski definition) is 5. The standard InChI is InChI=1S/C10H15BrN4S/c11-8-6-14-10(12)15-9(8)13-5-7-3-1-2-4-16-7/h6-7H,1-5H2,(H3,12,13,14,15). The smallest absolute Gasteiger partial charge is 0.221 e. The van der Waals surface area contributed by atoms with Gasteiger partial charge in [0.25, 0.3) is 0 Å². The molecule has 16 heavy (non-hydrogen) atoms. The number of rotatable bonds is 3. The topological polar surface area (TPSA) is 63.8 Å². The highest BCUT2D eigenvalue weighted by molar-refractivity contribution is 9.10. The molecule has 0 amide bonds. The number of thioether (sulfide) groups is 1. The second-order valence-electron chi connectivity index (χ2n) is 3.79. The van der Waals surface area contributed by atoms with Crippen LogP contribution < -0.4 is 11.1 Å².